The number of nitrogens with one attached hydrogen (secondary N) is 2. The maximum absolute atomic E-state index is 5.92. The topological polar surface area (TPSA) is 92.5 Å². The summed E-state index contributed by atoms with van der Waals surface area (Å²) in [6.07, 6.45) is 0.872. The summed E-state index contributed by atoms with van der Waals surface area (Å²) in [6, 6.07) is 8.14. The Labute approximate surface area is 147 Å². The molecule has 4 N–H and O–H groups in total. The number of rotatable bonds is 5. The third-order valence-electron chi connectivity index (χ3n) is 4.59. The largest absolute Gasteiger partial charge is 0.370 e. The summed E-state index contributed by atoms with van der Waals surface area (Å²) in [7, 11) is 0. The van der Waals surface area contributed by atoms with Gasteiger partial charge in [-0.05, 0) is 50.8 Å². The van der Waals surface area contributed by atoms with E-state index in [9.17, 15) is 0 Å². The lowest BCUT2D eigenvalue weighted by molar-refractivity contribution is 0.980. The van der Waals surface area contributed by atoms with E-state index in [1.54, 1.807) is 0 Å². The van der Waals surface area contributed by atoms with Gasteiger partial charge in [-0.3, -0.25) is 5.10 Å². The highest BCUT2D eigenvalue weighted by molar-refractivity contribution is 5.68. The minimum Gasteiger partial charge on any atom is -0.370 e. The number of nitrogen functional groups attached to an aromatic ring is 1. The van der Waals surface area contributed by atoms with Gasteiger partial charge in [0.25, 0.3) is 0 Å². The molecular weight excluding hydrogens is 312 g/mol. The summed E-state index contributed by atoms with van der Waals surface area (Å²) in [4.78, 5) is 8.71. The molecule has 0 aliphatic rings. The first-order valence-corrected chi connectivity index (χ1v) is 8.41. The van der Waals surface area contributed by atoms with E-state index >= 15 is 0 Å². The fourth-order valence-corrected chi connectivity index (χ4v) is 2.98. The standard InChI is InChI=1S/C19H24N6/c1-11-6-5-7-15(12(11)2)17-10-18(23-19(20)22-17)21-9-8-16-13(3)24-25-14(16)4/h5-7,10H,8-9H2,1-4H3,(H,24,25)(H3,20,21,22,23). The van der Waals surface area contributed by atoms with Crippen molar-refractivity contribution in [1.29, 1.82) is 0 Å². The second-order valence-corrected chi connectivity index (χ2v) is 6.33. The SMILES string of the molecule is Cc1cccc(-c2cc(NCCc3c(C)n[nH]c3C)nc(N)n2)c1C. The van der Waals surface area contributed by atoms with Crippen molar-refractivity contribution in [3.8, 4) is 11.3 Å². The Balaban J connectivity index is 1.79. The third kappa shape index (κ3) is 3.63. The lowest BCUT2D eigenvalue weighted by Gasteiger charge is -2.11. The Morgan fingerprint density at radius 1 is 1.12 bits per heavy atom. The number of H-pyrrole nitrogens is 1. The fraction of sp³-hybridized carbons (Fsp3) is 0.316. The van der Waals surface area contributed by atoms with Crippen molar-refractivity contribution in [2.75, 3.05) is 17.6 Å². The number of hydrogen-bond acceptors (Lipinski definition) is 5. The molecular formula is C19H24N6. The number of anilines is 2. The minimum atomic E-state index is 0.275. The van der Waals surface area contributed by atoms with Crippen molar-refractivity contribution < 1.29 is 0 Å². The highest BCUT2D eigenvalue weighted by atomic mass is 15.1. The first-order valence-electron chi connectivity index (χ1n) is 8.41. The van der Waals surface area contributed by atoms with Crippen LogP contribution in [0.15, 0.2) is 24.3 Å². The molecule has 0 saturated heterocycles. The molecule has 6 nitrogen and oxygen atoms in total. The molecule has 0 bridgehead atoms. The summed E-state index contributed by atoms with van der Waals surface area (Å²) in [5.41, 5.74) is 13.7. The van der Waals surface area contributed by atoms with Gasteiger partial charge < -0.3 is 11.1 Å². The van der Waals surface area contributed by atoms with E-state index in [0.29, 0.717) is 0 Å². The van der Waals surface area contributed by atoms with Crippen molar-refractivity contribution in [3.05, 3.63) is 52.3 Å². The molecule has 0 spiro atoms. The van der Waals surface area contributed by atoms with Crippen molar-refractivity contribution in [2.24, 2.45) is 0 Å². The molecule has 130 valence electrons. The van der Waals surface area contributed by atoms with Gasteiger partial charge in [0.15, 0.2) is 0 Å². The van der Waals surface area contributed by atoms with Crippen LogP contribution in [0.1, 0.15) is 28.1 Å². The Morgan fingerprint density at radius 3 is 2.64 bits per heavy atom. The molecule has 1 aromatic carbocycles. The Morgan fingerprint density at radius 2 is 1.92 bits per heavy atom. The van der Waals surface area contributed by atoms with E-state index in [0.717, 1.165) is 41.4 Å². The smallest absolute Gasteiger partial charge is 0.222 e. The average molecular weight is 336 g/mol. The maximum atomic E-state index is 5.92. The number of aryl methyl sites for hydroxylation is 3. The zero-order valence-electron chi connectivity index (χ0n) is 15.1. The van der Waals surface area contributed by atoms with Gasteiger partial charge >= 0.3 is 0 Å². The van der Waals surface area contributed by atoms with Crippen molar-refractivity contribution in [1.82, 2.24) is 20.2 Å². The van der Waals surface area contributed by atoms with E-state index in [-0.39, 0.29) is 5.95 Å². The van der Waals surface area contributed by atoms with E-state index < -0.39 is 0 Å². The summed E-state index contributed by atoms with van der Waals surface area (Å²) in [5.74, 6) is 1.01. The molecule has 0 aliphatic heterocycles. The van der Waals surface area contributed by atoms with Gasteiger partial charge in [-0.25, -0.2) is 4.98 Å². The molecule has 0 saturated carbocycles. The van der Waals surface area contributed by atoms with Gasteiger partial charge in [-0.1, -0.05) is 18.2 Å². The molecule has 2 aromatic heterocycles. The molecule has 0 fully saturated rings. The van der Waals surface area contributed by atoms with Gasteiger partial charge in [-0.15, -0.1) is 0 Å². The number of nitrogens with two attached hydrogens (primary N) is 1. The second kappa shape index (κ2) is 6.93. The van der Waals surface area contributed by atoms with Gasteiger partial charge in [0.05, 0.1) is 11.4 Å². The normalized spacial score (nSPS) is 10.9. The summed E-state index contributed by atoms with van der Waals surface area (Å²) in [6.45, 7) is 9.00. The summed E-state index contributed by atoms with van der Waals surface area (Å²) in [5, 5.41) is 10.6. The van der Waals surface area contributed by atoms with Crippen LogP contribution < -0.4 is 11.1 Å². The van der Waals surface area contributed by atoms with Gasteiger partial charge in [0.1, 0.15) is 5.82 Å². The molecule has 25 heavy (non-hydrogen) atoms. The summed E-state index contributed by atoms with van der Waals surface area (Å²) >= 11 is 0. The quantitative estimate of drug-likeness (QED) is 0.664. The number of aromatic amines is 1. The van der Waals surface area contributed by atoms with E-state index in [1.165, 1.54) is 16.7 Å². The number of nitrogens with zero attached hydrogens (tertiary/aromatic N) is 3. The van der Waals surface area contributed by atoms with Crippen LogP contribution in [0.5, 0.6) is 0 Å². The Kier molecular flexibility index (Phi) is 4.70. The first-order chi connectivity index (χ1) is 12.0. The molecule has 0 amide bonds. The van der Waals surface area contributed by atoms with E-state index in [4.69, 9.17) is 5.73 Å². The van der Waals surface area contributed by atoms with E-state index in [2.05, 4.69) is 51.5 Å². The highest BCUT2D eigenvalue weighted by Crippen LogP contribution is 2.26. The maximum Gasteiger partial charge on any atom is 0.222 e. The molecule has 3 aromatic rings. The average Bonchev–Trinajstić information content (AvgIpc) is 2.89. The second-order valence-electron chi connectivity index (χ2n) is 6.33. The van der Waals surface area contributed by atoms with E-state index in [1.807, 2.05) is 26.0 Å². The number of aromatic nitrogens is 4. The molecule has 0 atom stereocenters. The zero-order valence-corrected chi connectivity index (χ0v) is 15.1. The lowest BCUT2D eigenvalue weighted by Crippen LogP contribution is -2.09. The minimum absolute atomic E-state index is 0.275. The van der Waals surface area contributed by atoms with Crippen LogP contribution in [0.4, 0.5) is 11.8 Å². The fourth-order valence-electron chi connectivity index (χ4n) is 2.98. The predicted molar refractivity (Wildman–Crippen MR) is 102 cm³/mol. The predicted octanol–water partition coefficient (Wildman–Crippen LogP) is 3.34. The lowest BCUT2D eigenvalue weighted by atomic mass is 10.0. The Hall–Kier alpha value is -2.89. The highest BCUT2D eigenvalue weighted by Gasteiger charge is 2.10. The van der Waals surface area contributed by atoms with Crippen molar-refractivity contribution in [3.63, 3.8) is 0 Å². The van der Waals surface area contributed by atoms with Crippen molar-refractivity contribution in [2.45, 2.75) is 34.1 Å². The molecule has 0 aliphatic carbocycles. The van der Waals surface area contributed by atoms with Gasteiger partial charge in [0, 0.05) is 23.9 Å². The van der Waals surface area contributed by atoms with Gasteiger partial charge in [0.2, 0.25) is 5.95 Å². The molecule has 6 heteroatoms. The Bertz CT molecular complexity index is 877. The molecule has 2 heterocycles. The zero-order chi connectivity index (χ0) is 18.0. The van der Waals surface area contributed by atoms with Crippen LogP contribution >= 0.6 is 0 Å². The van der Waals surface area contributed by atoms with Crippen molar-refractivity contribution >= 4 is 11.8 Å². The number of benzene rings is 1. The number of hydrogen-bond donors (Lipinski definition) is 3. The van der Waals surface area contributed by atoms with Crippen LogP contribution in [0, 0.1) is 27.7 Å². The molecule has 0 radical (unpaired) electrons. The molecule has 3 rings (SSSR count). The molecule has 0 unspecified atom stereocenters. The monoisotopic (exact) mass is 336 g/mol. The first kappa shape index (κ1) is 17.0. The van der Waals surface area contributed by atoms with Crippen LogP contribution in [-0.4, -0.2) is 26.7 Å². The van der Waals surface area contributed by atoms with Crippen LogP contribution in [0.3, 0.4) is 0 Å². The van der Waals surface area contributed by atoms with Gasteiger partial charge in [-0.2, -0.15) is 10.1 Å². The van der Waals surface area contributed by atoms with Crippen LogP contribution in [0.25, 0.3) is 11.3 Å². The van der Waals surface area contributed by atoms with Crippen LogP contribution in [-0.2, 0) is 6.42 Å². The van der Waals surface area contributed by atoms with Crippen LogP contribution in [0.2, 0.25) is 0 Å². The third-order valence-corrected chi connectivity index (χ3v) is 4.59. The summed E-state index contributed by atoms with van der Waals surface area (Å²) < 4.78 is 0.